The largest absolute Gasteiger partial charge is 0.573 e. The van der Waals surface area contributed by atoms with Crippen molar-refractivity contribution in [2.24, 2.45) is 4.99 Å². The van der Waals surface area contributed by atoms with Crippen molar-refractivity contribution in [3.8, 4) is 17.6 Å². The lowest BCUT2D eigenvalue weighted by Crippen LogP contribution is -2.16. The van der Waals surface area contributed by atoms with Gasteiger partial charge in [-0.25, -0.2) is 0 Å². The van der Waals surface area contributed by atoms with E-state index < -0.39 is 6.36 Å². The van der Waals surface area contributed by atoms with Gasteiger partial charge < -0.3 is 4.74 Å². The quantitative estimate of drug-likeness (QED) is 0.775. The zero-order valence-corrected chi connectivity index (χ0v) is 11.9. The first kappa shape index (κ1) is 15.1. The van der Waals surface area contributed by atoms with Crippen LogP contribution in [0.1, 0.15) is 5.56 Å². The average Bonchev–Trinajstić information content (AvgIpc) is 2.88. The molecule has 0 aliphatic carbocycles. The number of rotatable bonds is 2. The van der Waals surface area contributed by atoms with Crippen LogP contribution in [0.3, 0.4) is 0 Å². The summed E-state index contributed by atoms with van der Waals surface area (Å²) in [5.74, 6) is 7.24. The lowest BCUT2D eigenvalue weighted by atomic mass is 10.2. The van der Waals surface area contributed by atoms with Crippen LogP contribution in [0.2, 0.25) is 0 Å². The fraction of sp³-hybridized carbons (Fsp3) is 0.308. The number of alkyl halides is 3. The van der Waals surface area contributed by atoms with Gasteiger partial charge in [0.1, 0.15) is 10.1 Å². The highest BCUT2D eigenvalue weighted by Crippen LogP contribution is 2.23. The van der Waals surface area contributed by atoms with Gasteiger partial charge in [-0.15, -0.1) is 13.2 Å². The van der Waals surface area contributed by atoms with E-state index in [1.165, 1.54) is 24.3 Å². The van der Waals surface area contributed by atoms with Gasteiger partial charge in [-0.1, -0.05) is 35.4 Å². The zero-order valence-electron chi connectivity index (χ0n) is 10.2. The number of halogens is 3. The number of benzene rings is 1. The van der Waals surface area contributed by atoms with Crippen LogP contribution in [-0.2, 0) is 0 Å². The van der Waals surface area contributed by atoms with Crippen LogP contribution in [0.5, 0.6) is 5.75 Å². The predicted molar refractivity (Wildman–Crippen MR) is 77.2 cm³/mol. The van der Waals surface area contributed by atoms with Crippen LogP contribution >= 0.6 is 23.5 Å². The molecule has 7 heteroatoms. The Balaban J connectivity index is 1.84. The molecule has 1 heterocycles. The summed E-state index contributed by atoms with van der Waals surface area (Å²) in [4.78, 5) is 4.28. The van der Waals surface area contributed by atoms with Gasteiger partial charge >= 0.3 is 6.36 Å². The van der Waals surface area contributed by atoms with Gasteiger partial charge in [-0.05, 0) is 24.3 Å². The number of hydrogen-bond donors (Lipinski definition) is 0. The van der Waals surface area contributed by atoms with E-state index in [0.29, 0.717) is 11.3 Å². The molecule has 0 unspecified atom stereocenters. The van der Waals surface area contributed by atoms with Crippen molar-refractivity contribution < 1.29 is 17.9 Å². The second-order valence-corrected chi connectivity index (χ2v) is 5.96. The number of nitrogens with zero attached hydrogens (tertiary/aromatic N) is 1. The Kier molecular flexibility index (Phi) is 5.26. The van der Waals surface area contributed by atoms with E-state index in [4.69, 9.17) is 0 Å². The van der Waals surface area contributed by atoms with Crippen molar-refractivity contribution in [2.45, 2.75) is 6.36 Å². The fourth-order valence-corrected chi connectivity index (χ4v) is 3.13. The lowest BCUT2D eigenvalue weighted by molar-refractivity contribution is -0.274. The number of ether oxygens (including phenoxy) is 1. The van der Waals surface area contributed by atoms with Gasteiger partial charge in [0.15, 0.2) is 0 Å². The molecular weight excluding hydrogens is 307 g/mol. The summed E-state index contributed by atoms with van der Waals surface area (Å²) >= 11 is 3.30. The molecule has 0 fully saturated rings. The smallest absolute Gasteiger partial charge is 0.406 e. The molecule has 1 aliphatic rings. The maximum atomic E-state index is 12.0. The van der Waals surface area contributed by atoms with Crippen molar-refractivity contribution in [1.29, 1.82) is 0 Å². The first-order valence-electron chi connectivity index (χ1n) is 5.68. The van der Waals surface area contributed by atoms with Crippen molar-refractivity contribution in [1.82, 2.24) is 0 Å². The minimum atomic E-state index is -4.66. The highest BCUT2D eigenvalue weighted by molar-refractivity contribution is 8.39. The Morgan fingerprint density at radius 3 is 2.65 bits per heavy atom. The second kappa shape index (κ2) is 6.95. The summed E-state index contributed by atoms with van der Waals surface area (Å²) < 4.78 is 40.7. The molecule has 0 bridgehead atoms. The monoisotopic (exact) mass is 317 g/mol. The molecule has 20 heavy (non-hydrogen) atoms. The van der Waals surface area contributed by atoms with Gasteiger partial charge in [0.25, 0.3) is 0 Å². The van der Waals surface area contributed by atoms with E-state index in [1.807, 2.05) is 0 Å². The van der Waals surface area contributed by atoms with Crippen molar-refractivity contribution in [2.75, 3.05) is 18.1 Å². The first-order chi connectivity index (χ1) is 9.53. The Morgan fingerprint density at radius 2 is 2.05 bits per heavy atom. The van der Waals surface area contributed by atoms with Gasteiger partial charge in [-0.3, -0.25) is 4.99 Å². The van der Waals surface area contributed by atoms with Gasteiger partial charge in [0, 0.05) is 11.3 Å². The molecule has 1 aromatic carbocycles. The van der Waals surface area contributed by atoms with Crippen LogP contribution in [0.25, 0.3) is 0 Å². The molecule has 1 aromatic rings. The first-order valence-corrected chi connectivity index (χ1v) is 7.65. The topological polar surface area (TPSA) is 21.6 Å². The number of aliphatic imine (C=N–C) groups is 1. The summed E-state index contributed by atoms with van der Waals surface area (Å²) in [6.07, 6.45) is -4.66. The standard InChI is InChI=1S/C13H10F3NOS2/c14-13(15,16)18-11-5-3-10(4-6-11)2-1-8-19-12-17-7-9-20-12/h3-6H,7-9H2. The van der Waals surface area contributed by atoms with Crippen molar-refractivity contribution >= 4 is 27.9 Å². The molecule has 1 aliphatic heterocycles. The molecule has 0 N–H and O–H groups in total. The molecule has 0 saturated carbocycles. The van der Waals surface area contributed by atoms with E-state index in [0.717, 1.165) is 16.7 Å². The minimum Gasteiger partial charge on any atom is -0.406 e. The Morgan fingerprint density at radius 1 is 1.30 bits per heavy atom. The highest BCUT2D eigenvalue weighted by Gasteiger charge is 2.30. The summed E-state index contributed by atoms with van der Waals surface area (Å²) in [5, 5.41) is 0. The predicted octanol–water partition coefficient (Wildman–Crippen LogP) is 3.77. The molecule has 0 saturated heterocycles. The Bertz CT molecular complexity index is 543. The van der Waals surface area contributed by atoms with Crippen LogP contribution in [0, 0.1) is 11.8 Å². The average molecular weight is 317 g/mol. The van der Waals surface area contributed by atoms with E-state index >= 15 is 0 Å². The third kappa shape index (κ3) is 5.39. The van der Waals surface area contributed by atoms with Crippen LogP contribution in [0.15, 0.2) is 29.3 Å². The summed E-state index contributed by atoms with van der Waals surface area (Å²) in [5.41, 5.74) is 0.654. The maximum Gasteiger partial charge on any atom is 0.573 e. The Labute approximate surface area is 123 Å². The third-order valence-electron chi connectivity index (χ3n) is 2.15. The van der Waals surface area contributed by atoms with Gasteiger partial charge in [0.05, 0.1) is 12.3 Å². The van der Waals surface area contributed by atoms with E-state index in [9.17, 15) is 13.2 Å². The normalized spacial score (nSPS) is 14.4. The summed E-state index contributed by atoms with van der Waals surface area (Å²) in [6, 6.07) is 5.50. The molecular formula is C13H10F3NOS2. The molecule has 2 nitrogen and oxygen atoms in total. The fourth-order valence-electron chi connectivity index (χ4n) is 1.38. The van der Waals surface area contributed by atoms with E-state index in [1.54, 1.807) is 23.5 Å². The maximum absolute atomic E-state index is 12.0. The lowest BCUT2D eigenvalue weighted by Gasteiger charge is -2.07. The summed E-state index contributed by atoms with van der Waals surface area (Å²) in [7, 11) is 0. The summed E-state index contributed by atoms with van der Waals surface area (Å²) in [6.45, 7) is 0.862. The minimum absolute atomic E-state index is 0.242. The van der Waals surface area contributed by atoms with Crippen LogP contribution in [0.4, 0.5) is 13.2 Å². The van der Waals surface area contributed by atoms with E-state index in [-0.39, 0.29) is 5.75 Å². The molecule has 0 amide bonds. The van der Waals surface area contributed by atoms with Crippen molar-refractivity contribution in [3.63, 3.8) is 0 Å². The zero-order chi connectivity index (χ0) is 14.4. The number of hydrogen-bond acceptors (Lipinski definition) is 4. The Hall–Kier alpha value is -1.26. The molecule has 0 spiro atoms. The SMILES string of the molecule is FC(F)(F)Oc1ccc(C#CCSC2=NCCS2)cc1. The molecule has 2 rings (SSSR count). The second-order valence-electron chi connectivity index (χ2n) is 3.66. The molecule has 0 radical (unpaired) electrons. The third-order valence-corrected chi connectivity index (χ3v) is 4.28. The van der Waals surface area contributed by atoms with Gasteiger partial charge in [-0.2, -0.15) is 0 Å². The van der Waals surface area contributed by atoms with Crippen LogP contribution in [-0.4, -0.2) is 28.8 Å². The highest BCUT2D eigenvalue weighted by atomic mass is 32.2. The van der Waals surface area contributed by atoms with Crippen molar-refractivity contribution in [3.05, 3.63) is 29.8 Å². The molecule has 106 valence electrons. The van der Waals surface area contributed by atoms with Gasteiger partial charge in [0.2, 0.25) is 0 Å². The van der Waals surface area contributed by atoms with Crippen LogP contribution < -0.4 is 4.74 Å². The molecule has 0 aromatic heterocycles. The van der Waals surface area contributed by atoms with E-state index in [2.05, 4.69) is 21.6 Å². The number of thioether (sulfide) groups is 2. The molecule has 0 atom stereocenters.